The molecule has 0 spiro atoms. The number of nitrogens with two attached hydrogens (primary N) is 2. The predicted molar refractivity (Wildman–Crippen MR) is 85.2 cm³/mol. The van der Waals surface area contributed by atoms with Crippen LogP contribution in [0.4, 0.5) is 17.5 Å². The minimum Gasteiger partial charge on any atom is -1.00 e. The van der Waals surface area contributed by atoms with Crippen LogP contribution in [0.15, 0.2) is 24.3 Å². The number of quaternary nitrogens is 1. The summed E-state index contributed by atoms with van der Waals surface area (Å²) in [6, 6.07) is 8.32. The summed E-state index contributed by atoms with van der Waals surface area (Å²) in [7, 11) is 6.40. The molecule has 0 unspecified atom stereocenters. The summed E-state index contributed by atoms with van der Waals surface area (Å²) >= 11 is 0. The maximum atomic E-state index is 6.02. The Morgan fingerprint density at radius 1 is 1.00 bits per heavy atom. The van der Waals surface area contributed by atoms with E-state index in [9.17, 15) is 0 Å². The molecule has 0 saturated carbocycles. The van der Waals surface area contributed by atoms with Gasteiger partial charge in [0.05, 0.1) is 26.8 Å². The van der Waals surface area contributed by atoms with Crippen LogP contribution in [0.5, 0.6) is 0 Å². The molecule has 21 heavy (non-hydrogen) atoms. The number of aromatic nitrogens is 2. The van der Waals surface area contributed by atoms with Gasteiger partial charge in [-0.3, -0.25) is 4.48 Å². The number of aryl methyl sites for hydroxylation is 1. The van der Waals surface area contributed by atoms with Crippen LogP contribution in [0.1, 0.15) is 12.6 Å². The topological polar surface area (TPSA) is 77.8 Å². The molecule has 0 aliphatic carbocycles. The molecule has 4 N–H and O–H groups in total. The van der Waals surface area contributed by atoms with E-state index in [0.29, 0.717) is 5.82 Å². The van der Waals surface area contributed by atoms with E-state index in [1.165, 1.54) is 5.69 Å². The monoisotopic (exact) mass is 399 g/mol. The van der Waals surface area contributed by atoms with Crippen LogP contribution in [0, 0.1) is 0 Å². The van der Waals surface area contributed by atoms with Crippen molar-refractivity contribution in [2.45, 2.75) is 13.3 Å². The Hall–Kier alpha value is -1.41. The van der Waals surface area contributed by atoms with Gasteiger partial charge in [-0.15, -0.1) is 0 Å². The number of halogens is 1. The van der Waals surface area contributed by atoms with Crippen molar-refractivity contribution in [3.8, 4) is 11.1 Å². The Labute approximate surface area is 143 Å². The fourth-order valence-corrected chi connectivity index (χ4v) is 2.19. The van der Waals surface area contributed by atoms with E-state index < -0.39 is 0 Å². The number of benzene rings is 1. The number of hydrogen-bond donors (Lipinski definition) is 2. The fraction of sp³-hybridized carbons (Fsp3) is 0.333. The normalized spacial score (nSPS) is 11.0. The van der Waals surface area contributed by atoms with Gasteiger partial charge in [0.1, 0.15) is 11.5 Å². The second kappa shape index (κ2) is 6.57. The lowest BCUT2D eigenvalue weighted by atomic mass is 10.0. The van der Waals surface area contributed by atoms with Crippen LogP contribution in [-0.4, -0.2) is 31.1 Å². The molecule has 1 aromatic heterocycles. The molecular weight excluding hydrogens is 377 g/mol. The number of rotatable bonds is 3. The van der Waals surface area contributed by atoms with Crippen LogP contribution in [0.2, 0.25) is 0 Å². The number of nitrogens with zero attached hydrogens (tertiary/aromatic N) is 3. The molecule has 0 amide bonds. The highest BCUT2D eigenvalue weighted by Crippen LogP contribution is 2.30. The van der Waals surface area contributed by atoms with E-state index in [1.54, 1.807) is 0 Å². The van der Waals surface area contributed by atoms with Crippen molar-refractivity contribution >= 4 is 17.5 Å². The van der Waals surface area contributed by atoms with E-state index in [1.807, 2.05) is 6.92 Å². The highest BCUT2D eigenvalue weighted by molar-refractivity contribution is 5.77. The minimum absolute atomic E-state index is 0. The maximum Gasteiger partial charge on any atom is 0.222 e. The standard InChI is InChI=1S/C15H22N5.HI/c1-5-12-13(14(16)19-15(17)18-12)10-6-8-11(9-7-10)20(2,3)4;/h6-9H,5H2,1-4H3,(H4,16,17,18,19);1H/q+1;/p-1. The Morgan fingerprint density at radius 3 is 2.05 bits per heavy atom. The first kappa shape index (κ1) is 17.6. The number of hydrogen-bond acceptors (Lipinski definition) is 4. The van der Waals surface area contributed by atoms with Gasteiger partial charge in [0.15, 0.2) is 0 Å². The number of nitrogen functional groups attached to an aromatic ring is 2. The van der Waals surface area contributed by atoms with Gasteiger partial charge >= 0.3 is 0 Å². The molecule has 1 heterocycles. The zero-order valence-corrected chi connectivity index (χ0v) is 15.0. The summed E-state index contributed by atoms with van der Waals surface area (Å²) in [5.41, 5.74) is 15.7. The van der Waals surface area contributed by atoms with Crippen molar-refractivity contribution in [2.75, 3.05) is 32.6 Å². The first-order valence-electron chi connectivity index (χ1n) is 6.67. The molecule has 114 valence electrons. The highest BCUT2D eigenvalue weighted by Gasteiger charge is 2.15. The average Bonchev–Trinajstić information content (AvgIpc) is 2.37. The smallest absolute Gasteiger partial charge is 0.222 e. The molecule has 2 rings (SSSR count). The van der Waals surface area contributed by atoms with Crippen molar-refractivity contribution < 1.29 is 24.0 Å². The van der Waals surface area contributed by atoms with E-state index >= 15 is 0 Å². The Balaban J connectivity index is 0.00000220. The van der Waals surface area contributed by atoms with Gasteiger partial charge < -0.3 is 35.4 Å². The predicted octanol–water partition coefficient (Wildman–Crippen LogP) is -0.929. The Kier molecular flexibility index (Phi) is 5.52. The van der Waals surface area contributed by atoms with Gasteiger partial charge in [-0.05, 0) is 36.2 Å². The molecule has 5 nitrogen and oxygen atoms in total. The van der Waals surface area contributed by atoms with E-state index in [2.05, 4.69) is 55.4 Å². The highest BCUT2D eigenvalue weighted by atomic mass is 127. The molecule has 1 aromatic carbocycles. The molecule has 0 radical (unpaired) electrons. The first-order valence-corrected chi connectivity index (χ1v) is 6.67. The van der Waals surface area contributed by atoms with Crippen LogP contribution in [0.25, 0.3) is 11.1 Å². The van der Waals surface area contributed by atoms with Gasteiger partial charge in [-0.25, -0.2) is 4.98 Å². The molecule has 0 aliphatic heterocycles. The van der Waals surface area contributed by atoms with Gasteiger partial charge in [-0.2, -0.15) is 4.98 Å². The third-order valence-electron chi connectivity index (χ3n) is 3.29. The van der Waals surface area contributed by atoms with Crippen molar-refractivity contribution in [1.29, 1.82) is 0 Å². The molecule has 0 saturated heterocycles. The molecule has 6 heteroatoms. The molecule has 0 aliphatic rings. The minimum atomic E-state index is 0. The van der Waals surface area contributed by atoms with Crippen molar-refractivity contribution in [3.63, 3.8) is 0 Å². The average molecular weight is 399 g/mol. The summed E-state index contributed by atoms with van der Waals surface area (Å²) in [5, 5.41) is 0. The van der Waals surface area contributed by atoms with Gasteiger partial charge in [0.25, 0.3) is 0 Å². The summed E-state index contributed by atoms with van der Waals surface area (Å²) in [6.45, 7) is 2.03. The van der Waals surface area contributed by atoms with E-state index in [-0.39, 0.29) is 29.9 Å². The summed E-state index contributed by atoms with van der Waals surface area (Å²) < 4.78 is 0.772. The van der Waals surface area contributed by atoms with Crippen molar-refractivity contribution in [2.24, 2.45) is 0 Å². The quantitative estimate of drug-likeness (QED) is 0.517. The van der Waals surface area contributed by atoms with Crippen LogP contribution in [0.3, 0.4) is 0 Å². The van der Waals surface area contributed by atoms with E-state index in [0.717, 1.165) is 27.7 Å². The lowest BCUT2D eigenvalue weighted by Crippen LogP contribution is -3.00. The lowest BCUT2D eigenvalue weighted by molar-refractivity contribution is -0.00000471. The van der Waals surface area contributed by atoms with Gasteiger partial charge in [0, 0.05) is 5.56 Å². The van der Waals surface area contributed by atoms with Crippen molar-refractivity contribution in [1.82, 2.24) is 14.5 Å². The fourth-order valence-electron chi connectivity index (χ4n) is 2.19. The largest absolute Gasteiger partial charge is 1.00 e. The zero-order chi connectivity index (χ0) is 14.9. The zero-order valence-electron chi connectivity index (χ0n) is 12.9. The van der Waals surface area contributed by atoms with E-state index in [4.69, 9.17) is 11.5 Å². The van der Waals surface area contributed by atoms with Gasteiger partial charge in [0.2, 0.25) is 5.95 Å². The maximum absolute atomic E-state index is 6.02. The van der Waals surface area contributed by atoms with Crippen LogP contribution >= 0.6 is 0 Å². The molecule has 0 atom stereocenters. The Morgan fingerprint density at radius 2 is 1.57 bits per heavy atom. The molecule has 0 fully saturated rings. The lowest BCUT2D eigenvalue weighted by Gasteiger charge is -2.23. The summed E-state index contributed by atoms with van der Waals surface area (Å²) in [5.74, 6) is 0.665. The third kappa shape index (κ3) is 3.82. The third-order valence-corrected chi connectivity index (χ3v) is 3.29. The van der Waals surface area contributed by atoms with Crippen LogP contribution < -0.4 is 39.9 Å². The second-order valence-corrected chi connectivity index (χ2v) is 5.70. The summed E-state index contributed by atoms with van der Waals surface area (Å²) in [6.07, 6.45) is 0.767. The molecular formula is C15H22IN5. The molecule has 2 aromatic rings. The molecule has 0 bridgehead atoms. The van der Waals surface area contributed by atoms with Gasteiger partial charge in [-0.1, -0.05) is 6.92 Å². The van der Waals surface area contributed by atoms with Crippen LogP contribution in [-0.2, 0) is 6.42 Å². The second-order valence-electron chi connectivity index (χ2n) is 5.70. The first-order chi connectivity index (χ1) is 9.32. The Bertz CT molecular complexity index is 617. The summed E-state index contributed by atoms with van der Waals surface area (Å²) in [4.78, 5) is 8.35. The number of anilines is 2. The SMILES string of the molecule is CCc1nc(N)nc(N)c1-c1ccc([N+](C)(C)C)cc1.[I-]. The van der Waals surface area contributed by atoms with Crippen molar-refractivity contribution in [3.05, 3.63) is 30.0 Å².